The monoisotopic (exact) mass is 277 g/mol. The molecule has 0 saturated carbocycles. The number of aromatic nitrogens is 1. The van der Waals surface area contributed by atoms with Crippen LogP contribution in [0.2, 0.25) is 0 Å². The topological polar surface area (TPSA) is 60.2 Å². The fourth-order valence-corrected chi connectivity index (χ4v) is 2.74. The molecule has 0 spiro atoms. The van der Waals surface area contributed by atoms with Crippen LogP contribution in [0.1, 0.15) is 27.9 Å². The van der Waals surface area contributed by atoms with Gasteiger partial charge in [0, 0.05) is 5.38 Å². The van der Waals surface area contributed by atoms with Gasteiger partial charge in [-0.1, -0.05) is 17.7 Å². The van der Waals surface area contributed by atoms with Crippen LogP contribution in [-0.4, -0.2) is 12.1 Å². The van der Waals surface area contributed by atoms with E-state index >= 15 is 0 Å². The summed E-state index contributed by atoms with van der Waals surface area (Å²) in [6.07, 6.45) is 0.754. The van der Waals surface area contributed by atoms with Crippen LogP contribution in [0, 0.1) is 13.8 Å². The Morgan fingerprint density at radius 2 is 2.21 bits per heavy atom. The van der Waals surface area contributed by atoms with E-state index in [1.807, 2.05) is 24.4 Å². The molecule has 1 heterocycles. The van der Waals surface area contributed by atoms with Gasteiger partial charge in [0.05, 0.1) is 23.9 Å². The van der Waals surface area contributed by atoms with E-state index in [1.54, 1.807) is 18.4 Å². The number of ether oxygens (including phenoxy) is 1. The third-order valence-electron chi connectivity index (χ3n) is 3.05. The van der Waals surface area contributed by atoms with Crippen molar-refractivity contribution in [2.45, 2.75) is 26.3 Å². The van der Waals surface area contributed by atoms with Gasteiger partial charge < -0.3 is 4.74 Å². The number of nitrogens with two attached hydrogens (primary N) is 1. The minimum atomic E-state index is 0.000602. The molecule has 0 aliphatic rings. The first-order valence-electron chi connectivity index (χ1n) is 6.15. The molecule has 1 aromatic heterocycles. The summed E-state index contributed by atoms with van der Waals surface area (Å²) in [5.74, 6) is 6.55. The minimum Gasteiger partial charge on any atom is -0.496 e. The molecular formula is C14H19N3OS. The molecule has 0 aliphatic heterocycles. The highest BCUT2D eigenvalue weighted by Crippen LogP contribution is 2.26. The zero-order valence-corrected chi connectivity index (χ0v) is 12.3. The van der Waals surface area contributed by atoms with E-state index in [-0.39, 0.29) is 6.04 Å². The van der Waals surface area contributed by atoms with Gasteiger partial charge in [-0.15, -0.1) is 11.3 Å². The fourth-order valence-electron chi connectivity index (χ4n) is 2.08. The second kappa shape index (κ2) is 6.14. The summed E-state index contributed by atoms with van der Waals surface area (Å²) in [5, 5.41) is 3.09. The van der Waals surface area contributed by atoms with Crippen LogP contribution < -0.4 is 16.0 Å². The van der Waals surface area contributed by atoms with Crippen LogP contribution in [0.25, 0.3) is 0 Å². The number of rotatable bonds is 5. The number of methoxy groups -OCH3 is 1. The molecule has 0 saturated heterocycles. The molecule has 0 aliphatic carbocycles. The summed E-state index contributed by atoms with van der Waals surface area (Å²) < 4.78 is 5.40. The van der Waals surface area contributed by atoms with Gasteiger partial charge in [-0.2, -0.15) is 0 Å². The highest BCUT2D eigenvalue weighted by Gasteiger charge is 2.16. The molecule has 1 aromatic carbocycles. The predicted molar refractivity (Wildman–Crippen MR) is 78.4 cm³/mol. The molecule has 0 radical (unpaired) electrons. The number of hydrazine groups is 1. The average Bonchev–Trinajstić information content (AvgIpc) is 2.82. The second-order valence-corrected chi connectivity index (χ2v) is 5.59. The van der Waals surface area contributed by atoms with Crippen molar-refractivity contribution < 1.29 is 4.74 Å². The highest BCUT2D eigenvalue weighted by molar-refractivity contribution is 7.09. The van der Waals surface area contributed by atoms with Crippen LogP contribution in [0.4, 0.5) is 0 Å². The van der Waals surface area contributed by atoms with Crippen molar-refractivity contribution in [2.75, 3.05) is 7.11 Å². The Morgan fingerprint density at radius 3 is 2.79 bits per heavy atom. The highest BCUT2D eigenvalue weighted by atomic mass is 32.1. The van der Waals surface area contributed by atoms with E-state index in [1.165, 1.54) is 5.56 Å². The Labute approximate surface area is 117 Å². The molecule has 102 valence electrons. The molecule has 0 bridgehead atoms. The summed E-state index contributed by atoms with van der Waals surface area (Å²) in [5.41, 5.74) is 6.16. The number of aryl methyl sites for hydroxylation is 2. The summed E-state index contributed by atoms with van der Waals surface area (Å²) in [6.45, 7) is 4.07. The fraction of sp³-hybridized carbons (Fsp3) is 0.357. The Balaban J connectivity index is 2.25. The summed E-state index contributed by atoms with van der Waals surface area (Å²) >= 11 is 1.63. The van der Waals surface area contributed by atoms with Gasteiger partial charge in [-0.3, -0.25) is 11.3 Å². The van der Waals surface area contributed by atoms with Crippen LogP contribution in [0.5, 0.6) is 5.75 Å². The van der Waals surface area contributed by atoms with E-state index in [0.717, 1.165) is 28.4 Å². The van der Waals surface area contributed by atoms with Crippen LogP contribution in [0.3, 0.4) is 0 Å². The van der Waals surface area contributed by atoms with Crippen LogP contribution in [0.15, 0.2) is 23.6 Å². The Morgan fingerprint density at radius 1 is 1.42 bits per heavy atom. The molecule has 5 heteroatoms. The lowest BCUT2D eigenvalue weighted by molar-refractivity contribution is 0.405. The Kier molecular flexibility index (Phi) is 4.52. The van der Waals surface area contributed by atoms with Gasteiger partial charge >= 0.3 is 0 Å². The normalized spacial score (nSPS) is 12.4. The van der Waals surface area contributed by atoms with Gasteiger partial charge in [0.25, 0.3) is 0 Å². The quantitative estimate of drug-likeness (QED) is 0.651. The number of nitrogens with one attached hydrogen (secondary N) is 1. The number of nitrogens with zero attached hydrogens (tertiary/aromatic N) is 1. The lowest BCUT2D eigenvalue weighted by atomic mass is 10.0. The van der Waals surface area contributed by atoms with Crippen LogP contribution in [-0.2, 0) is 6.42 Å². The number of thiazole rings is 1. The number of benzene rings is 1. The third kappa shape index (κ3) is 3.32. The van der Waals surface area contributed by atoms with Crippen LogP contribution >= 0.6 is 11.3 Å². The molecule has 1 atom stereocenters. The molecule has 19 heavy (non-hydrogen) atoms. The van der Waals surface area contributed by atoms with E-state index < -0.39 is 0 Å². The van der Waals surface area contributed by atoms with Gasteiger partial charge in [-0.25, -0.2) is 4.98 Å². The van der Waals surface area contributed by atoms with Crippen molar-refractivity contribution in [3.8, 4) is 5.75 Å². The first-order valence-corrected chi connectivity index (χ1v) is 7.03. The molecule has 2 rings (SSSR count). The lowest BCUT2D eigenvalue weighted by Gasteiger charge is -2.16. The lowest BCUT2D eigenvalue weighted by Crippen LogP contribution is -2.30. The molecule has 0 amide bonds. The van der Waals surface area contributed by atoms with Gasteiger partial charge in [0.2, 0.25) is 0 Å². The largest absolute Gasteiger partial charge is 0.496 e. The maximum atomic E-state index is 5.67. The molecule has 2 aromatic rings. The number of hydrogen-bond acceptors (Lipinski definition) is 5. The van der Waals surface area contributed by atoms with Gasteiger partial charge in [-0.05, 0) is 31.9 Å². The summed E-state index contributed by atoms with van der Waals surface area (Å²) in [6, 6.07) is 6.16. The van der Waals surface area contributed by atoms with Gasteiger partial charge in [0.1, 0.15) is 5.75 Å². The maximum Gasteiger partial charge on any atom is 0.122 e. The van der Waals surface area contributed by atoms with Crippen molar-refractivity contribution in [1.82, 2.24) is 10.4 Å². The van der Waals surface area contributed by atoms with Gasteiger partial charge in [0.15, 0.2) is 0 Å². The van der Waals surface area contributed by atoms with E-state index in [4.69, 9.17) is 10.6 Å². The smallest absolute Gasteiger partial charge is 0.122 e. The molecular weight excluding hydrogens is 258 g/mol. The Bertz CT molecular complexity index is 553. The summed E-state index contributed by atoms with van der Waals surface area (Å²) in [4.78, 5) is 4.49. The molecule has 1 unspecified atom stereocenters. The van der Waals surface area contributed by atoms with Crippen molar-refractivity contribution >= 4 is 11.3 Å². The SMILES string of the molecule is COc1ccc(C)cc1CC(NN)c1csc(C)n1. The van der Waals surface area contributed by atoms with Crippen molar-refractivity contribution in [3.63, 3.8) is 0 Å². The standard InChI is InChI=1S/C14H19N3OS/c1-9-4-5-14(18-3)11(6-9)7-12(17-15)13-8-19-10(2)16-13/h4-6,8,12,17H,7,15H2,1-3H3. The van der Waals surface area contributed by atoms with Crippen molar-refractivity contribution in [2.24, 2.45) is 5.84 Å². The van der Waals surface area contributed by atoms with E-state index in [9.17, 15) is 0 Å². The third-order valence-corrected chi connectivity index (χ3v) is 3.85. The predicted octanol–water partition coefficient (Wildman–Crippen LogP) is 2.52. The first kappa shape index (κ1) is 14.0. The number of hydrogen-bond donors (Lipinski definition) is 2. The average molecular weight is 277 g/mol. The van der Waals surface area contributed by atoms with Crippen molar-refractivity contribution in [1.29, 1.82) is 0 Å². The zero-order chi connectivity index (χ0) is 13.8. The van der Waals surface area contributed by atoms with Crippen molar-refractivity contribution in [3.05, 3.63) is 45.4 Å². The summed E-state index contributed by atoms with van der Waals surface area (Å²) in [7, 11) is 1.69. The molecule has 4 nitrogen and oxygen atoms in total. The second-order valence-electron chi connectivity index (χ2n) is 4.53. The zero-order valence-electron chi connectivity index (χ0n) is 11.4. The molecule has 0 fully saturated rings. The maximum absolute atomic E-state index is 5.67. The Hall–Kier alpha value is -1.43. The minimum absolute atomic E-state index is 0.000602. The van der Waals surface area contributed by atoms with E-state index in [0.29, 0.717) is 0 Å². The molecule has 3 N–H and O–H groups in total. The van der Waals surface area contributed by atoms with E-state index in [2.05, 4.69) is 23.4 Å². The first-order chi connectivity index (χ1) is 9.13.